The SMILES string of the molecule is CCOC(=S)c1c(COC)[nH]c2c(OC)c(F)c(F)cc2c1=O. The lowest BCUT2D eigenvalue weighted by Gasteiger charge is -2.14. The number of rotatable bonds is 5. The second kappa shape index (κ2) is 7.01. The fraction of sp³-hybridized carbons (Fsp3) is 0.333. The maximum atomic E-state index is 13.9. The molecule has 23 heavy (non-hydrogen) atoms. The molecule has 0 saturated heterocycles. The number of aromatic nitrogens is 1. The van der Waals surface area contributed by atoms with E-state index in [-0.39, 0.29) is 40.5 Å². The molecule has 2 rings (SSSR count). The number of methoxy groups -OCH3 is 2. The molecule has 5 nitrogen and oxygen atoms in total. The summed E-state index contributed by atoms with van der Waals surface area (Å²) in [5.41, 5.74) is -0.190. The Morgan fingerprint density at radius 2 is 2.04 bits per heavy atom. The van der Waals surface area contributed by atoms with Gasteiger partial charge < -0.3 is 19.2 Å². The van der Waals surface area contributed by atoms with Gasteiger partial charge in [-0.05, 0) is 25.2 Å². The van der Waals surface area contributed by atoms with Crippen molar-refractivity contribution in [3.63, 3.8) is 0 Å². The van der Waals surface area contributed by atoms with Gasteiger partial charge in [-0.25, -0.2) is 4.39 Å². The van der Waals surface area contributed by atoms with Crippen LogP contribution in [0, 0.1) is 11.6 Å². The minimum absolute atomic E-state index is 0.00980. The highest BCUT2D eigenvalue weighted by molar-refractivity contribution is 7.80. The summed E-state index contributed by atoms with van der Waals surface area (Å²) < 4.78 is 42.7. The molecule has 0 bridgehead atoms. The first-order chi connectivity index (χ1) is 11.0. The Bertz CT molecular complexity index is 819. The summed E-state index contributed by atoms with van der Waals surface area (Å²) >= 11 is 5.09. The zero-order chi connectivity index (χ0) is 17.1. The Hall–Kier alpha value is -2.06. The monoisotopic (exact) mass is 343 g/mol. The quantitative estimate of drug-likeness (QED) is 0.846. The molecule has 1 aromatic heterocycles. The number of benzene rings is 1. The molecule has 1 heterocycles. The van der Waals surface area contributed by atoms with E-state index in [1.165, 1.54) is 14.2 Å². The first kappa shape index (κ1) is 17.3. The summed E-state index contributed by atoms with van der Waals surface area (Å²) in [6.45, 7) is 2.00. The number of ether oxygens (including phenoxy) is 3. The van der Waals surface area contributed by atoms with Crippen LogP contribution in [0.4, 0.5) is 8.78 Å². The number of H-pyrrole nitrogens is 1. The Morgan fingerprint density at radius 3 is 2.61 bits per heavy atom. The standard InChI is InChI=1S/C15H15F2NO4S/c1-4-22-15(23)10-9(6-20-2)18-12-7(13(10)19)5-8(16)11(17)14(12)21-3/h5H,4,6H2,1-3H3,(H,18,19). The molecule has 0 aliphatic carbocycles. The number of fused-ring (bicyclic) bond motifs is 1. The first-order valence-corrected chi connectivity index (χ1v) is 7.13. The minimum Gasteiger partial charge on any atom is -0.491 e. The second-order valence-corrected chi connectivity index (χ2v) is 4.96. The van der Waals surface area contributed by atoms with Crippen LogP contribution in [0.25, 0.3) is 10.9 Å². The zero-order valence-corrected chi connectivity index (χ0v) is 13.6. The summed E-state index contributed by atoms with van der Waals surface area (Å²) in [5.74, 6) is -2.75. The molecule has 1 N–H and O–H groups in total. The van der Waals surface area contributed by atoms with Crippen molar-refractivity contribution < 1.29 is 23.0 Å². The van der Waals surface area contributed by atoms with Crippen LogP contribution in [-0.2, 0) is 16.1 Å². The number of hydrogen-bond acceptors (Lipinski definition) is 5. The molecule has 124 valence electrons. The van der Waals surface area contributed by atoms with E-state index in [9.17, 15) is 13.6 Å². The third kappa shape index (κ3) is 3.04. The van der Waals surface area contributed by atoms with Crippen molar-refractivity contribution in [2.24, 2.45) is 0 Å². The highest BCUT2D eigenvalue weighted by Crippen LogP contribution is 2.29. The van der Waals surface area contributed by atoms with Crippen molar-refractivity contribution in [2.75, 3.05) is 20.8 Å². The second-order valence-electron chi connectivity index (χ2n) is 4.59. The number of pyridine rings is 1. The molecule has 0 spiro atoms. The molecule has 1 aromatic carbocycles. The van der Waals surface area contributed by atoms with Crippen LogP contribution in [-0.4, -0.2) is 30.9 Å². The highest BCUT2D eigenvalue weighted by atomic mass is 32.1. The van der Waals surface area contributed by atoms with Crippen molar-refractivity contribution in [1.29, 1.82) is 0 Å². The maximum absolute atomic E-state index is 13.9. The van der Waals surface area contributed by atoms with Gasteiger partial charge in [0.05, 0.1) is 42.5 Å². The molecule has 0 aliphatic rings. The molecule has 0 aliphatic heterocycles. The van der Waals surface area contributed by atoms with Crippen molar-refractivity contribution in [1.82, 2.24) is 4.98 Å². The lowest BCUT2D eigenvalue weighted by Crippen LogP contribution is -2.22. The fourth-order valence-corrected chi connectivity index (χ4v) is 2.59. The van der Waals surface area contributed by atoms with Gasteiger partial charge in [0.15, 0.2) is 16.6 Å². The van der Waals surface area contributed by atoms with Gasteiger partial charge >= 0.3 is 0 Å². The molecule has 0 unspecified atom stereocenters. The molecule has 0 saturated carbocycles. The van der Waals surface area contributed by atoms with Gasteiger partial charge in [0.2, 0.25) is 11.2 Å². The number of nitrogens with one attached hydrogen (secondary N) is 1. The fourth-order valence-electron chi connectivity index (χ4n) is 2.25. The first-order valence-electron chi connectivity index (χ1n) is 6.73. The predicted molar refractivity (Wildman–Crippen MR) is 85.1 cm³/mol. The summed E-state index contributed by atoms with van der Waals surface area (Å²) in [6.07, 6.45) is 0. The molecule has 0 fully saturated rings. The summed E-state index contributed by atoms with van der Waals surface area (Å²) in [7, 11) is 2.61. The molecule has 2 aromatic rings. The van der Waals surface area contributed by atoms with Crippen molar-refractivity contribution in [3.8, 4) is 5.75 Å². The van der Waals surface area contributed by atoms with E-state index in [1.807, 2.05) is 0 Å². The van der Waals surface area contributed by atoms with E-state index in [2.05, 4.69) is 4.98 Å². The lowest BCUT2D eigenvalue weighted by molar-refractivity contribution is 0.181. The van der Waals surface area contributed by atoms with Gasteiger partial charge in [-0.2, -0.15) is 4.39 Å². The van der Waals surface area contributed by atoms with Crippen LogP contribution >= 0.6 is 12.2 Å². The van der Waals surface area contributed by atoms with Gasteiger partial charge in [0, 0.05) is 7.11 Å². The van der Waals surface area contributed by atoms with Gasteiger partial charge in [-0.3, -0.25) is 4.79 Å². The van der Waals surface area contributed by atoms with Gasteiger partial charge in [-0.1, -0.05) is 0 Å². The van der Waals surface area contributed by atoms with Crippen molar-refractivity contribution >= 4 is 28.2 Å². The molecular formula is C15H15F2NO4S. The van der Waals surface area contributed by atoms with E-state index in [0.717, 1.165) is 6.07 Å². The van der Waals surface area contributed by atoms with Crippen molar-refractivity contribution in [3.05, 3.63) is 39.2 Å². The van der Waals surface area contributed by atoms with Crippen LogP contribution in [0.1, 0.15) is 18.2 Å². The van der Waals surface area contributed by atoms with Crippen LogP contribution in [0.2, 0.25) is 0 Å². The molecule has 0 atom stereocenters. The van der Waals surface area contributed by atoms with Gasteiger partial charge in [0.25, 0.3) is 0 Å². The summed E-state index contributed by atoms with van der Waals surface area (Å²) in [4.78, 5) is 15.5. The smallest absolute Gasteiger partial charge is 0.202 e. The van der Waals surface area contributed by atoms with E-state index in [0.29, 0.717) is 5.69 Å². The average Bonchev–Trinajstić information content (AvgIpc) is 2.50. The summed E-state index contributed by atoms with van der Waals surface area (Å²) in [5, 5.41) is -0.121. The van der Waals surface area contributed by atoms with E-state index >= 15 is 0 Å². The minimum atomic E-state index is -1.19. The molecular weight excluding hydrogens is 328 g/mol. The van der Waals surface area contributed by atoms with Gasteiger partial charge in [-0.15, -0.1) is 0 Å². The number of thiocarbonyl (C=S) groups is 1. The maximum Gasteiger partial charge on any atom is 0.202 e. The Balaban J connectivity index is 2.89. The molecule has 0 radical (unpaired) electrons. The van der Waals surface area contributed by atoms with E-state index in [4.69, 9.17) is 26.4 Å². The van der Waals surface area contributed by atoms with E-state index in [1.54, 1.807) is 6.92 Å². The largest absolute Gasteiger partial charge is 0.491 e. The van der Waals surface area contributed by atoms with E-state index < -0.39 is 17.1 Å². The normalized spacial score (nSPS) is 10.8. The number of aromatic amines is 1. The Kier molecular flexibility index (Phi) is 5.27. The van der Waals surface area contributed by atoms with Crippen LogP contribution < -0.4 is 10.2 Å². The summed E-state index contributed by atoms with van der Waals surface area (Å²) in [6, 6.07) is 0.806. The Labute approximate surface area is 136 Å². The number of hydrogen-bond donors (Lipinski definition) is 1. The Morgan fingerprint density at radius 1 is 1.35 bits per heavy atom. The molecule has 8 heteroatoms. The van der Waals surface area contributed by atoms with Crippen molar-refractivity contribution in [2.45, 2.75) is 13.5 Å². The van der Waals surface area contributed by atoms with Crippen LogP contribution in [0.5, 0.6) is 5.75 Å². The topological polar surface area (TPSA) is 60.6 Å². The third-order valence-corrected chi connectivity index (χ3v) is 3.52. The van der Waals surface area contributed by atoms with Crippen LogP contribution in [0.3, 0.4) is 0 Å². The van der Waals surface area contributed by atoms with Gasteiger partial charge in [0.1, 0.15) is 0 Å². The number of halogens is 2. The third-order valence-electron chi connectivity index (χ3n) is 3.20. The molecule has 0 amide bonds. The average molecular weight is 343 g/mol. The zero-order valence-electron chi connectivity index (χ0n) is 12.8. The highest BCUT2D eigenvalue weighted by Gasteiger charge is 2.22. The predicted octanol–water partition coefficient (Wildman–Crippen LogP) is 2.67. The lowest BCUT2D eigenvalue weighted by atomic mass is 10.1. The van der Waals surface area contributed by atoms with Crippen LogP contribution in [0.15, 0.2) is 10.9 Å².